The van der Waals surface area contributed by atoms with Crippen molar-refractivity contribution in [2.24, 2.45) is 0 Å². The Balaban J connectivity index is 2.73. The van der Waals surface area contributed by atoms with E-state index in [4.69, 9.17) is 0 Å². The quantitative estimate of drug-likeness (QED) is 0.815. The number of halogens is 1. The highest BCUT2D eigenvalue weighted by atomic mass is 79.9. The predicted molar refractivity (Wildman–Crippen MR) is 60.2 cm³/mol. The number of esters is 1. The van der Waals surface area contributed by atoms with Crippen LogP contribution in [0.4, 0.5) is 0 Å². The number of benzene rings is 1. The average Bonchev–Trinajstić information content (AvgIpc) is 2.28. The van der Waals surface area contributed by atoms with Crippen molar-refractivity contribution in [2.45, 2.75) is 0 Å². The van der Waals surface area contributed by atoms with Crippen molar-refractivity contribution < 1.29 is 19.4 Å². The molecule has 0 bridgehead atoms. The summed E-state index contributed by atoms with van der Waals surface area (Å²) in [5.41, 5.74) is 0.0123. The fraction of sp³-hybridized carbons (Fsp3) is 0.200. The minimum atomic E-state index is -0.748. The molecular weight excluding hydrogens is 278 g/mol. The normalized spacial score (nSPS) is 9.62. The van der Waals surface area contributed by atoms with E-state index in [1.54, 1.807) is 6.07 Å². The molecule has 0 spiro atoms. The molecule has 0 saturated carbocycles. The molecule has 5 nitrogen and oxygen atoms in total. The summed E-state index contributed by atoms with van der Waals surface area (Å²) in [5, 5.41) is 11.7. The van der Waals surface area contributed by atoms with Crippen LogP contribution in [0.1, 0.15) is 10.4 Å². The highest BCUT2D eigenvalue weighted by Crippen LogP contribution is 2.22. The van der Waals surface area contributed by atoms with Gasteiger partial charge >= 0.3 is 5.97 Å². The number of likely N-dealkylation sites (N-methyl/N-ethyl adjacent to an activating group) is 1. The van der Waals surface area contributed by atoms with Gasteiger partial charge in [-0.25, -0.2) is 4.79 Å². The predicted octanol–water partition coefficient (Wildman–Crippen LogP) is 1.06. The molecule has 6 heteroatoms. The van der Waals surface area contributed by atoms with E-state index in [-0.39, 0.29) is 17.9 Å². The Morgan fingerprint density at radius 3 is 2.81 bits per heavy atom. The van der Waals surface area contributed by atoms with Gasteiger partial charge in [-0.15, -0.1) is 0 Å². The number of nitrogens with one attached hydrogen (secondary N) is 1. The summed E-state index contributed by atoms with van der Waals surface area (Å²) in [6.07, 6.45) is 0. The van der Waals surface area contributed by atoms with Crippen LogP contribution in [0, 0.1) is 0 Å². The zero-order chi connectivity index (χ0) is 12.1. The lowest BCUT2D eigenvalue weighted by atomic mass is 10.2. The van der Waals surface area contributed by atoms with Gasteiger partial charge in [0.25, 0.3) is 5.91 Å². The number of rotatable bonds is 3. The van der Waals surface area contributed by atoms with Crippen LogP contribution >= 0.6 is 15.9 Å². The number of hydrogen-bond donors (Lipinski definition) is 2. The molecular formula is C10H10BrNO4. The first kappa shape index (κ1) is 12.5. The lowest BCUT2D eigenvalue weighted by Crippen LogP contribution is -2.25. The molecule has 16 heavy (non-hydrogen) atoms. The lowest BCUT2D eigenvalue weighted by Gasteiger charge is -2.05. The summed E-state index contributed by atoms with van der Waals surface area (Å²) < 4.78 is 5.32. The highest BCUT2D eigenvalue weighted by Gasteiger charge is 2.14. The Morgan fingerprint density at radius 2 is 2.19 bits per heavy atom. The van der Waals surface area contributed by atoms with Gasteiger partial charge in [0.2, 0.25) is 0 Å². The molecule has 0 unspecified atom stereocenters. The molecule has 0 heterocycles. The van der Waals surface area contributed by atoms with E-state index < -0.39 is 11.9 Å². The molecule has 2 N–H and O–H groups in total. The van der Waals surface area contributed by atoms with E-state index in [1.807, 2.05) is 0 Å². The standard InChI is InChI=1S/C10H10BrNO4/c1-12-9(14)5-16-10(15)7-4-6(11)2-3-8(7)13/h2-4,13H,5H2,1H3,(H,12,14). The SMILES string of the molecule is CNC(=O)COC(=O)c1cc(Br)ccc1O. The van der Waals surface area contributed by atoms with Crippen molar-refractivity contribution in [3.8, 4) is 5.75 Å². The van der Waals surface area contributed by atoms with Crippen LogP contribution < -0.4 is 5.32 Å². The first-order valence-electron chi connectivity index (χ1n) is 4.41. The van der Waals surface area contributed by atoms with Gasteiger partial charge < -0.3 is 15.2 Å². The molecule has 0 aliphatic heterocycles. The van der Waals surface area contributed by atoms with Crippen molar-refractivity contribution in [3.63, 3.8) is 0 Å². The van der Waals surface area contributed by atoms with Gasteiger partial charge in [-0.2, -0.15) is 0 Å². The van der Waals surface area contributed by atoms with Crippen molar-refractivity contribution in [1.82, 2.24) is 5.32 Å². The Kier molecular flexibility index (Phi) is 4.30. The molecule has 0 aromatic heterocycles. The van der Waals surface area contributed by atoms with Gasteiger partial charge in [0, 0.05) is 11.5 Å². The maximum Gasteiger partial charge on any atom is 0.342 e. The van der Waals surface area contributed by atoms with Crippen molar-refractivity contribution in [1.29, 1.82) is 0 Å². The van der Waals surface area contributed by atoms with Crippen LogP contribution in [0.3, 0.4) is 0 Å². The fourth-order valence-corrected chi connectivity index (χ4v) is 1.31. The van der Waals surface area contributed by atoms with E-state index in [1.165, 1.54) is 19.2 Å². The number of aromatic hydroxyl groups is 1. The summed E-state index contributed by atoms with van der Waals surface area (Å²) in [6, 6.07) is 4.37. The zero-order valence-corrected chi connectivity index (χ0v) is 10.1. The zero-order valence-electron chi connectivity index (χ0n) is 8.49. The number of carbonyl (C=O) groups is 2. The highest BCUT2D eigenvalue weighted by molar-refractivity contribution is 9.10. The van der Waals surface area contributed by atoms with Crippen molar-refractivity contribution in [2.75, 3.05) is 13.7 Å². The van der Waals surface area contributed by atoms with E-state index in [0.717, 1.165) is 0 Å². The van der Waals surface area contributed by atoms with Gasteiger partial charge in [0.15, 0.2) is 6.61 Å². The minimum Gasteiger partial charge on any atom is -0.507 e. The third kappa shape index (κ3) is 3.23. The second kappa shape index (κ2) is 5.50. The van der Waals surface area contributed by atoms with Crippen LogP contribution in [0.15, 0.2) is 22.7 Å². The minimum absolute atomic E-state index is 0.0123. The average molecular weight is 288 g/mol. The molecule has 1 aromatic carbocycles. The maximum absolute atomic E-state index is 11.5. The molecule has 1 aromatic rings. The van der Waals surface area contributed by atoms with Crippen LogP contribution in [0.5, 0.6) is 5.75 Å². The first-order chi connectivity index (χ1) is 7.54. The third-order valence-electron chi connectivity index (χ3n) is 1.79. The molecule has 0 fully saturated rings. The number of amides is 1. The molecule has 0 atom stereocenters. The molecule has 0 radical (unpaired) electrons. The lowest BCUT2D eigenvalue weighted by molar-refractivity contribution is -0.123. The molecule has 0 aliphatic carbocycles. The Bertz CT molecular complexity index is 419. The van der Waals surface area contributed by atoms with E-state index in [9.17, 15) is 14.7 Å². The van der Waals surface area contributed by atoms with E-state index in [2.05, 4.69) is 26.0 Å². The van der Waals surface area contributed by atoms with Gasteiger partial charge in [-0.1, -0.05) is 15.9 Å². The second-order valence-corrected chi connectivity index (χ2v) is 3.83. The Hall–Kier alpha value is -1.56. The van der Waals surface area contributed by atoms with E-state index >= 15 is 0 Å². The number of phenolic OH excluding ortho intramolecular Hbond substituents is 1. The number of carbonyl (C=O) groups excluding carboxylic acids is 2. The third-order valence-corrected chi connectivity index (χ3v) is 2.28. The smallest absolute Gasteiger partial charge is 0.342 e. The summed E-state index contributed by atoms with van der Waals surface area (Å²) in [5.74, 6) is -1.35. The van der Waals surface area contributed by atoms with Gasteiger partial charge in [0.05, 0.1) is 0 Å². The Morgan fingerprint density at radius 1 is 1.50 bits per heavy atom. The molecule has 86 valence electrons. The molecule has 1 rings (SSSR count). The first-order valence-corrected chi connectivity index (χ1v) is 5.20. The van der Waals surface area contributed by atoms with Crippen LogP contribution in [-0.2, 0) is 9.53 Å². The topological polar surface area (TPSA) is 75.6 Å². The monoisotopic (exact) mass is 287 g/mol. The van der Waals surface area contributed by atoms with Crippen molar-refractivity contribution >= 4 is 27.8 Å². The number of ether oxygens (including phenoxy) is 1. The Labute approximate surface area is 101 Å². The molecule has 0 aliphatic rings. The van der Waals surface area contributed by atoms with Gasteiger partial charge in [-0.05, 0) is 18.2 Å². The molecule has 0 saturated heterocycles. The molecule has 1 amide bonds. The maximum atomic E-state index is 11.5. The van der Waals surface area contributed by atoms with E-state index in [0.29, 0.717) is 4.47 Å². The summed E-state index contributed by atoms with van der Waals surface area (Å²) >= 11 is 3.16. The van der Waals surface area contributed by atoms with Gasteiger partial charge in [0.1, 0.15) is 11.3 Å². The van der Waals surface area contributed by atoms with Gasteiger partial charge in [-0.3, -0.25) is 4.79 Å². The second-order valence-electron chi connectivity index (χ2n) is 2.91. The van der Waals surface area contributed by atoms with Crippen LogP contribution in [-0.4, -0.2) is 30.6 Å². The largest absolute Gasteiger partial charge is 0.507 e. The summed E-state index contributed by atoms with van der Waals surface area (Å²) in [7, 11) is 1.44. The summed E-state index contributed by atoms with van der Waals surface area (Å²) in [4.78, 5) is 22.3. The number of phenols is 1. The fourth-order valence-electron chi connectivity index (χ4n) is 0.953. The van der Waals surface area contributed by atoms with Crippen LogP contribution in [0.25, 0.3) is 0 Å². The van der Waals surface area contributed by atoms with Crippen molar-refractivity contribution in [3.05, 3.63) is 28.2 Å². The number of hydrogen-bond acceptors (Lipinski definition) is 4. The van der Waals surface area contributed by atoms with Crippen LogP contribution in [0.2, 0.25) is 0 Å². The summed E-state index contributed by atoms with van der Waals surface area (Å²) in [6.45, 7) is -0.374.